The second-order valence-corrected chi connectivity index (χ2v) is 5.08. The fraction of sp³-hybridized carbons (Fsp3) is 0.400. The summed E-state index contributed by atoms with van der Waals surface area (Å²) < 4.78 is 15.3. The molecule has 1 atom stereocenters. The molecule has 100 valence electrons. The summed E-state index contributed by atoms with van der Waals surface area (Å²) in [6.45, 7) is 2.97. The fourth-order valence-corrected chi connectivity index (χ4v) is 2.71. The minimum Gasteiger partial charge on any atom is -0.334 e. The van der Waals surface area contributed by atoms with E-state index in [1.54, 1.807) is 12.1 Å². The molecule has 0 radical (unpaired) electrons. The Kier molecular flexibility index (Phi) is 3.60. The number of rotatable bonds is 4. The Bertz CT molecular complexity index is 544. The van der Waals surface area contributed by atoms with E-state index in [9.17, 15) is 4.39 Å². The average Bonchev–Trinajstić information content (AvgIpc) is 3.07. The summed E-state index contributed by atoms with van der Waals surface area (Å²) in [6, 6.07) is 6.82. The van der Waals surface area contributed by atoms with Gasteiger partial charge in [0.05, 0.1) is 6.33 Å². The number of imidazole rings is 1. The summed E-state index contributed by atoms with van der Waals surface area (Å²) in [5, 5.41) is 3.38. The average molecular weight is 259 g/mol. The molecule has 1 saturated heterocycles. The zero-order valence-electron chi connectivity index (χ0n) is 10.8. The Hall–Kier alpha value is -1.68. The molecule has 19 heavy (non-hydrogen) atoms. The van der Waals surface area contributed by atoms with Gasteiger partial charge in [0.15, 0.2) is 0 Å². The minimum absolute atomic E-state index is 0.164. The van der Waals surface area contributed by atoms with E-state index in [-0.39, 0.29) is 5.82 Å². The van der Waals surface area contributed by atoms with Gasteiger partial charge in [-0.15, -0.1) is 0 Å². The third-order valence-electron chi connectivity index (χ3n) is 3.75. The van der Waals surface area contributed by atoms with Crippen LogP contribution in [0.2, 0.25) is 0 Å². The number of aryl methyl sites for hydroxylation is 2. The molecule has 0 amide bonds. The van der Waals surface area contributed by atoms with Crippen LogP contribution in [0.5, 0.6) is 0 Å². The van der Waals surface area contributed by atoms with Crippen LogP contribution >= 0.6 is 0 Å². The number of halogens is 1. The predicted molar refractivity (Wildman–Crippen MR) is 72.6 cm³/mol. The second-order valence-electron chi connectivity index (χ2n) is 5.08. The van der Waals surface area contributed by atoms with Crippen molar-refractivity contribution in [1.82, 2.24) is 14.9 Å². The number of nitrogens with zero attached hydrogens (tertiary/aromatic N) is 2. The number of aromatic nitrogens is 2. The van der Waals surface area contributed by atoms with E-state index < -0.39 is 0 Å². The maximum atomic E-state index is 13.1. The topological polar surface area (TPSA) is 29.9 Å². The third-order valence-corrected chi connectivity index (χ3v) is 3.75. The highest BCUT2D eigenvalue weighted by Gasteiger charge is 2.19. The molecule has 1 aromatic carbocycles. The van der Waals surface area contributed by atoms with Crippen molar-refractivity contribution in [3.05, 3.63) is 53.9 Å². The summed E-state index contributed by atoms with van der Waals surface area (Å²) in [7, 11) is 0. The maximum absolute atomic E-state index is 13.1. The van der Waals surface area contributed by atoms with Gasteiger partial charge in [0, 0.05) is 30.9 Å². The predicted octanol–water partition coefficient (Wildman–Crippen LogP) is 2.34. The Labute approximate surface area is 112 Å². The van der Waals surface area contributed by atoms with Crippen molar-refractivity contribution in [2.75, 3.05) is 13.1 Å². The van der Waals surface area contributed by atoms with Gasteiger partial charge in [-0.2, -0.15) is 0 Å². The van der Waals surface area contributed by atoms with Crippen molar-refractivity contribution in [2.24, 2.45) is 0 Å². The Morgan fingerprint density at radius 2 is 2.37 bits per heavy atom. The lowest BCUT2D eigenvalue weighted by atomic mass is 10.1. The zero-order chi connectivity index (χ0) is 13.1. The molecule has 3 nitrogen and oxygen atoms in total. The van der Waals surface area contributed by atoms with E-state index in [4.69, 9.17) is 0 Å². The molecule has 1 unspecified atom stereocenters. The molecule has 4 heteroatoms. The monoisotopic (exact) mass is 259 g/mol. The van der Waals surface area contributed by atoms with Crippen LogP contribution in [-0.2, 0) is 13.0 Å². The first kappa shape index (κ1) is 12.4. The first-order valence-corrected chi connectivity index (χ1v) is 6.78. The van der Waals surface area contributed by atoms with Gasteiger partial charge in [0.25, 0.3) is 0 Å². The molecule has 1 N–H and O–H groups in total. The quantitative estimate of drug-likeness (QED) is 0.913. The summed E-state index contributed by atoms with van der Waals surface area (Å²) in [5.74, 6) is 0.401. The molecule has 3 rings (SSSR count). The maximum Gasteiger partial charge on any atom is 0.123 e. The molecule has 2 aromatic rings. The lowest BCUT2D eigenvalue weighted by molar-refractivity contribution is 0.604. The van der Waals surface area contributed by atoms with Gasteiger partial charge in [-0.3, -0.25) is 0 Å². The molecule has 0 bridgehead atoms. The van der Waals surface area contributed by atoms with Crippen LogP contribution in [0.4, 0.5) is 4.39 Å². The SMILES string of the molecule is Fc1cccc(CCn2cncc2C2CCNC2)c1. The van der Waals surface area contributed by atoms with Gasteiger partial charge >= 0.3 is 0 Å². The van der Waals surface area contributed by atoms with Gasteiger partial charge < -0.3 is 9.88 Å². The first-order chi connectivity index (χ1) is 9.33. The highest BCUT2D eigenvalue weighted by atomic mass is 19.1. The van der Waals surface area contributed by atoms with Gasteiger partial charge in [-0.05, 0) is 37.1 Å². The molecule has 1 aliphatic heterocycles. The van der Waals surface area contributed by atoms with E-state index in [1.165, 1.54) is 18.2 Å². The second kappa shape index (κ2) is 5.53. The Morgan fingerprint density at radius 3 is 3.16 bits per heavy atom. The van der Waals surface area contributed by atoms with Crippen LogP contribution in [-0.4, -0.2) is 22.6 Å². The van der Waals surface area contributed by atoms with E-state index in [0.29, 0.717) is 5.92 Å². The first-order valence-electron chi connectivity index (χ1n) is 6.78. The van der Waals surface area contributed by atoms with E-state index in [1.807, 2.05) is 18.6 Å². The number of hydrogen-bond acceptors (Lipinski definition) is 2. The van der Waals surface area contributed by atoms with E-state index in [2.05, 4.69) is 14.9 Å². The van der Waals surface area contributed by atoms with E-state index >= 15 is 0 Å². The Morgan fingerprint density at radius 1 is 1.42 bits per heavy atom. The summed E-state index contributed by atoms with van der Waals surface area (Å²) in [4.78, 5) is 4.26. The number of nitrogens with one attached hydrogen (secondary N) is 1. The van der Waals surface area contributed by atoms with Crippen LogP contribution in [0.25, 0.3) is 0 Å². The summed E-state index contributed by atoms with van der Waals surface area (Å²) in [6.07, 6.45) is 5.85. The molecule has 0 spiro atoms. The molecule has 1 aliphatic rings. The highest BCUT2D eigenvalue weighted by Crippen LogP contribution is 2.22. The van der Waals surface area contributed by atoms with Crippen LogP contribution in [0, 0.1) is 5.82 Å². The van der Waals surface area contributed by atoms with Crippen molar-refractivity contribution in [3.63, 3.8) is 0 Å². The van der Waals surface area contributed by atoms with Crippen molar-refractivity contribution >= 4 is 0 Å². The largest absolute Gasteiger partial charge is 0.334 e. The van der Waals surface area contributed by atoms with Gasteiger partial charge in [0.2, 0.25) is 0 Å². The van der Waals surface area contributed by atoms with Gasteiger partial charge in [-0.25, -0.2) is 9.37 Å². The van der Waals surface area contributed by atoms with Gasteiger partial charge in [0.1, 0.15) is 5.82 Å². The normalized spacial score (nSPS) is 18.9. The number of benzene rings is 1. The van der Waals surface area contributed by atoms with Crippen LogP contribution < -0.4 is 5.32 Å². The summed E-state index contributed by atoms with van der Waals surface area (Å²) in [5.41, 5.74) is 2.32. The molecular formula is C15H18FN3. The van der Waals surface area contributed by atoms with Crippen molar-refractivity contribution in [2.45, 2.75) is 25.3 Å². The van der Waals surface area contributed by atoms with Crippen molar-refractivity contribution < 1.29 is 4.39 Å². The number of hydrogen-bond donors (Lipinski definition) is 1. The smallest absolute Gasteiger partial charge is 0.123 e. The fourth-order valence-electron chi connectivity index (χ4n) is 2.71. The third kappa shape index (κ3) is 2.84. The molecule has 0 aliphatic carbocycles. The zero-order valence-corrected chi connectivity index (χ0v) is 10.8. The minimum atomic E-state index is -0.164. The van der Waals surface area contributed by atoms with Gasteiger partial charge in [-0.1, -0.05) is 12.1 Å². The lowest BCUT2D eigenvalue weighted by Gasteiger charge is -2.12. The molecule has 1 aromatic heterocycles. The highest BCUT2D eigenvalue weighted by molar-refractivity contribution is 5.17. The van der Waals surface area contributed by atoms with Crippen LogP contribution in [0.15, 0.2) is 36.8 Å². The molecule has 0 saturated carbocycles. The standard InChI is InChI=1S/C15H18FN3/c16-14-3-1-2-12(8-14)5-7-19-11-18-10-15(19)13-4-6-17-9-13/h1-3,8,10-11,13,17H,4-7,9H2. The summed E-state index contributed by atoms with van der Waals surface area (Å²) >= 11 is 0. The Balaban J connectivity index is 1.68. The van der Waals surface area contributed by atoms with Crippen LogP contribution in [0.3, 0.4) is 0 Å². The lowest BCUT2D eigenvalue weighted by Crippen LogP contribution is -2.12. The van der Waals surface area contributed by atoms with Crippen molar-refractivity contribution in [3.8, 4) is 0 Å². The van der Waals surface area contributed by atoms with E-state index in [0.717, 1.165) is 31.6 Å². The molecule has 1 fully saturated rings. The molecule has 2 heterocycles. The van der Waals surface area contributed by atoms with Crippen molar-refractivity contribution in [1.29, 1.82) is 0 Å². The molecular weight excluding hydrogens is 241 g/mol. The van der Waals surface area contributed by atoms with Crippen LogP contribution in [0.1, 0.15) is 23.6 Å².